The number of aliphatic hydroxyl groups is 3. The number of H-pyrrole nitrogens is 2. The number of amides is 2. The first-order valence-electron chi connectivity index (χ1n) is 12.7. The molecule has 4 aromatic rings. The van der Waals surface area contributed by atoms with E-state index < -0.39 is 36.7 Å². The third-order valence-corrected chi connectivity index (χ3v) is 6.43. The Kier molecular flexibility index (Phi) is 10.3. The summed E-state index contributed by atoms with van der Waals surface area (Å²) in [7, 11) is 0. The van der Waals surface area contributed by atoms with E-state index in [4.69, 9.17) is 21.4 Å². The van der Waals surface area contributed by atoms with Gasteiger partial charge in [0.1, 0.15) is 30.2 Å². The van der Waals surface area contributed by atoms with Gasteiger partial charge in [-0.1, -0.05) is 11.6 Å². The first kappa shape index (κ1) is 29.9. The molecule has 4 aromatic heterocycles. The van der Waals surface area contributed by atoms with Gasteiger partial charge >= 0.3 is 0 Å². The highest BCUT2D eigenvalue weighted by molar-refractivity contribution is 6.33. The van der Waals surface area contributed by atoms with Crippen molar-refractivity contribution >= 4 is 45.7 Å². The van der Waals surface area contributed by atoms with Gasteiger partial charge in [0.25, 0.3) is 5.56 Å². The molecule has 0 spiro atoms. The van der Waals surface area contributed by atoms with Crippen molar-refractivity contribution in [1.82, 2.24) is 50.1 Å². The number of carbonyl (C=O) groups excluding carboxylic acids is 2. The van der Waals surface area contributed by atoms with Crippen molar-refractivity contribution in [3.05, 3.63) is 40.8 Å². The number of rotatable bonds is 2. The number of imidazole rings is 2. The van der Waals surface area contributed by atoms with Crippen LogP contribution in [0.4, 0.5) is 0 Å². The molecule has 3 saturated heterocycles. The molecule has 220 valence electrons. The summed E-state index contributed by atoms with van der Waals surface area (Å²) in [5, 5.41) is 34.4. The summed E-state index contributed by atoms with van der Waals surface area (Å²) < 4.78 is 6.70. The number of aromatic amines is 2. The Labute approximate surface area is 236 Å². The normalized spacial score (nSPS) is 23.1. The van der Waals surface area contributed by atoms with Gasteiger partial charge in [-0.05, 0) is 12.8 Å². The third-order valence-electron chi connectivity index (χ3n) is 6.14. The molecule has 0 unspecified atom stereocenters. The lowest BCUT2D eigenvalue weighted by Crippen LogP contribution is -2.33. The Hall–Kier alpha value is -4.03. The van der Waals surface area contributed by atoms with Crippen LogP contribution in [0, 0.1) is 0 Å². The number of aromatic nitrogens is 8. The van der Waals surface area contributed by atoms with Crippen molar-refractivity contribution in [3.63, 3.8) is 0 Å². The monoisotopic (exact) mass is 592 g/mol. The van der Waals surface area contributed by atoms with Crippen molar-refractivity contribution in [1.29, 1.82) is 0 Å². The molecule has 17 nitrogen and oxygen atoms in total. The molecule has 3 aliphatic heterocycles. The molecule has 0 aliphatic carbocycles. The molecule has 18 heteroatoms. The maximum atomic E-state index is 11.5. The number of carbonyl (C=O) groups is 2. The van der Waals surface area contributed by atoms with Crippen LogP contribution in [0.1, 0.15) is 31.9 Å². The Balaban J connectivity index is 0.000000145. The summed E-state index contributed by atoms with van der Waals surface area (Å²) in [4.78, 5) is 56.4. The molecular formula is C23H29ClN10O7. The van der Waals surface area contributed by atoms with Gasteiger partial charge in [0.15, 0.2) is 28.2 Å². The number of fused-ring (bicyclic) bond motifs is 2. The number of halogens is 1. The van der Waals surface area contributed by atoms with Crippen LogP contribution in [0.5, 0.6) is 0 Å². The van der Waals surface area contributed by atoms with Gasteiger partial charge in [-0.25, -0.2) is 24.9 Å². The lowest BCUT2D eigenvalue weighted by atomic mass is 10.1. The highest BCUT2D eigenvalue weighted by Crippen LogP contribution is 2.30. The highest BCUT2D eigenvalue weighted by atomic mass is 35.5. The molecular weight excluding hydrogens is 564 g/mol. The summed E-state index contributed by atoms with van der Waals surface area (Å²) in [6, 6.07) is 0. The summed E-state index contributed by atoms with van der Waals surface area (Å²) in [6.45, 7) is 1.35. The first-order chi connectivity index (χ1) is 19.8. The second kappa shape index (κ2) is 14.0. The van der Waals surface area contributed by atoms with Crippen LogP contribution in [-0.2, 0) is 14.3 Å². The van der Waals surface area contributed by atoms with Crippen molar-refractivity contribution < 1.29 is 29.6 Å². The molecule has 0 aromatic carbocycles. The van der Waals surface area contributed by atoms with Gasteiger partial charge < -0.3 is 40.7 Å². The third kappa shape index (κ3) is 7.39. The lowest BCUT2D eigenvalue weighted by molar-refractivity contribution is -0.119. The van der Waals surface area contributed by atoms with Gasteiger partial charge in [-0.15, -0.1) is 0 Å². The van der Waals surface area contributed by atoms with E-state index in [1.807, 2.05) is 0 Å². The lowest BCUT2D eigenvalue weighted by Gasteiger charge is -2.16. The predicted octanol–water partition coefficient (Wildman–Crippen LogP) is -1.47. The zero-order valence-corrected chi connectivity index (χ0v) is 22.4. The molecule has 0 bridgehead atoms. The fraction of sp³-hybridized carbons (Fsp3) is 0.478. The van der Waals surface area contributed by atoms with E-state index in [2.05, 4.69) is 45.5 Å². The minimum atomic E-state index is -1.24. The van der Waals surface area contributed by atoms with E-state index in [1.54, 1.807) is 0 Å². The summed E-state index contributed by atoms with van der Waals surface area (Å²) in [6.07, 6.45) is 4.65. The smallest absolute Gasteiger partial charge is 0.278 e. The molecule has 7 heterocycles. The van der Waals surface area contributed by atoms with Gasteiger partial charge in [0, 0.05) is 25.9 Å². The van der Waals surface area contributed by atoms with E-state index in [0.29, 0.717) is 16.3 Å². The van der Waals surface area contributed by atoms with E-state index in [9.17, 15) is 24.6 Å². The molecule has 4 atom stereocenters. The molecule has 0 saturated carbocycles. The SMILES string of the molecule is Clc1ncnc2nc[nH]c12.O=C1CCCN1.O=C1CCCN1.O=c1[nH]cnc2c1ncn2[C@@H]1O[C@H](CO)[C@@H](O)[C@H]1O. The van der Waals surface area contributed by atoms with Crippen LogP contribution < -0.4 is 16.2 Å². The summed E-state index contributed by atoms with van der Waals surface area (Å²) in [5.74, 6) is 0.407. The van der Waals surface area contributed by atoms with Crippen LogP contribution in [0.15, 0.2) is 30.1 Å². The Morgan fingerprint density at radius 2 is 1.61 bits per heavy atom. The Bertz CT molecular complexity index is 1490. The molecule has 7 N–H and O–H groups in total. The van der Waals surface area contributed by atoms with Crippen molar-refractivity contribution in [2.75, 3.05) is 19.7 Å². The molecule has 2 amide bonds. The average molecular weight is 593 g/mol. The zero-order chi connectivity index (χ0) is 29.4. The fourth-order valence-electron chi connectivity index (χ4n) is 4.02. The van der Waals surface area contributed by atoms with E-state index in [-0.39, 0.29) is 23.0 Å². The van der Waals surface area contributed by atoms with E-state index in [0.717, 1.165) is 38.8 Å². The summed E-state index contributed by atoms with van der Waals surface area (Å²) >= 11 is 5.68. The molecule has 0 radical (unpaired) electrons. The maximum absolute atomic E-state index is 11.5. The number of hydrogen-bond acceptors (Lipinski definition) is 12. The molecule has 7 rings (SSSR count). The standard InChI is InChI=1S/C10H12N4O5.C5H3ClN4.2C4H7NO/c15-1-4-6(16)7(17)10(19-4)14-3-13-5-8(14)11-2-12-9(5)18;6-4-3-5(9-1-7-3)10-2-8-4;2*6-4-2-1-3-5-4/h2-4,6-7,10,15-17H,1H2,(H,11,12,18);1-2H,(H,7,8,9,10);2*1-3H2,(H,5,6)/t4-,6-,7-,10-;;;/m1.../s1. The van der Waals surface area contributed by atoms with Crippen LogP contribution in [-0.4, -0.2) is 105 Å². The fourth-order valence-corrected chi connectivity index (χ4v) is 4.21. The summed E-state index contributed by atoms with van der Waals surface area (Å²) in [5.41, 5.74) is 1.22. The minimum Gasteiger partial charge on any atom is -0.394 e. The van der Waals surface area contributed by atoms with Gasteiger partial charge in [-0.2, -0.15) is 0 Å². The van der Waals surface area contributed by atoms with Crippen molar-refractivity contribution in [2.45, 2.75) is 50.2 Å². The van der Waals surface area contributed by atoms with E-state index >= 15 is 0 Å². The van der Waals surface area contributed by atoms with Gasteiger partial charge in [-0.3, -0.25) is 19.0 Å². The quantitative estimate of drug-likeness (QED) is 0.132. The molecule has 41 heavy (non-hydrogen) atoms. The van der Waals surface area contributed by atoms with E-state index in [1.165, 1.54) is 29.9 Å². The Morgan fingerprint density at radius 3 is 2.15 bits per heavy atom. The van der Waals surface area contributed by atoms with Gasteiger partial charge in [0.05, 0.1) is 25.6 Å². The topological polar surface area (TPSA) is 246 Å². The number of nitrogens with zero attached hydrogens (tertiary/aromatic N) is 6. The second-order valence-corrected chi connectivity index (χ2v) is 9.32. The average Bonchev–Trinajstić information content (AvgIpc) is 3.80. The molecule has 3 fully saturated rings. The van der Waals surface area contributed by atoms with Crippen LogP contribution >= 0.6 is 11.6 Å². The minimum absolute atomic E-state index is 0.111. The largest absolute Gasteiger partial charge is 0.394 e. The predicted molar refractivity (Wildman–Crippen MR) is 142 cm³/mol. The Morgan fingerprint density at radius 1 is 0.927 bits per heavy atom. The van der Waals surface area contributed by atoms with Crippen LogP contribution in [0.25, 0.3) is 22.3 Å². The van der Waals surface area contributed by atoms with Crippen molar-refractivity contribution in [3.8, 4) is 0 Å². The number of ether oxygens (including phenoxy) is 1. The molecule has 3 aliphatic rings. The first-order valence-corrected chi connectivity index (χ1v) is 13.0. The van der Waals surface area contributed by atoms with Crippen LogP contribution in [0.3, 0.4) is 0 Å². The van der Waals surface area contributed by atoms with Crippen molar-refractivity contribution in [2.24, 2.45) is 0 Å². The van der Waals surface area contributed by atoms with Gasteiger partial charge in [0.2, 0.25) is 11.8 Å². The zero-order valence-electron chi connectivity index (χ0n) is 21.6. The maximum Gasteiger partial charge on any atom is 0.278 e. The highest BCUT2D eigenvalue weighted by Gasteiger charge is 2.44. The van der Waals surface area contributed by atoms with Crippen LogP contribution in [0.2, 0.25) is 5.15 Å². The number of hydrogen-bond donors (Lipinski definition) is 7. The number of aliphatic hydroxyl groups excluding tert-OH is 3. The second-order valence-electron chi connectivity index (χ2n) is 8.96. The number of nitrogens with one attached hydrogen (secondary N) is 4.